The van der Waals surface area contributed by atoms with Crippen molar-refractivity contribution in [3.8, 4) is 23.0 Å². The van der Waals surface area contributed by atoms with Gasteiger partial charge in [0, 0.05) is 36.2 Å². The zero-order chi connectivity index (χ0) is 15.1. The molecular formula is C15H14FNO4. The molecule has 0 spiro atoms. The smallest absolute Gasteiger partial charge is 0.162 e. The van der Waals surface area contributed by atoms with Crippen LogP contribution in [-0.2, 0) is 6.54 Å². The molecule has 1 atom stereocenters. The van der Waals surface area contributed by atoms with Crippen molar-refractivity contribution in [1.82, 2.24) is 5.32 Å². The number of benzene rings is 2. The molecule has 5 N–H and O–H groups in total. The number of phenols is 4. The number of halogens is 1. The van der Waals surface area contributed by atoms with Crippen LogP contribution in [0.2, 0.25) is 0 Å². The summed E-state index contributed by atoms with van der Waals surface area (Å²) in [6.45, 7) is 0.774. The van der Waals surface area contributed by atoms with Crippen LogP contribution < -0.4 is 5.32 Å². The van der Waals surface area contributed by atoms with Crippen LogP contribution in [0.25, 0.3) is 0 Å². The Kier molecular flexibility index (Phi) is 3.10. The van der Waals surface area contributed by atoms with Crippen molar-refractivity contribution in [3.63, 3.8) is 0 Å². The van der Waals surface area contributed by atoms with Gasteiger partial charge in [0.2, 0.25) is 0 Å². The van der Waals surface area contributed by atoms with E-state index >= 15 is 0 Å². The normalized spacial score (nSPS) is 17.5. The summed E-state index contributed by atoms with van der Waals surface area (Å²) in [6.07, 6.45) is 0. The molecule has 0 amide bonds. The van der Waals surface area contributed by atoms with E-state index in [-0.39, 0.29) is 17.1 Å². The van der Waals surface area contributed by atoms with Gasteiger partial charge in [0.25, 0.3) is 0 Å². The van der Waals surface area contributed by atoms with Crippen LogP contribution in [0.15, 0.2) is 24.3 Å². The highest BCUT2D eigenvalue weighted by molar-refractivity contribution is 5.54. The van der Waals surface area contributed by atoms with Gasteiger partial charge in [0.1, 0.15) is 5.82 Å². The highest BCUT2D eigenvalue weighted by Crippen LogP contribution is 2.41. The van der Waals surface area contributed by atoms with Crippen molar-refractivity contribution in [2.24, 2.45) is 0 Å². The monoisotopic (exact) mass is 291 g/mol. The molecule has 110 valence electrons. The minimum atomic E-state index is -0.641. The molecule has 1 aliphatic heterocycles. The molecule has 1 aliphatic rings. The summed E-state index contributed by atoms with van der Waals surface area (Å²) in [4.78, 5) is 0. The van der Waals surface area contributed by atoms with Crippen LogP contribution in [0.1, 0.15) is 22.6 Å². The number of hydrogen-bond acceptors (Lipinski definition) is 5. The van der Waals surface area contributed by atoms with Crippen molar-refractivity contribution in [2.75, 3.05) is 6.54 Å². The summed E-state index contributed by atoms with van der Waals surface area (Å²) >= 11 is 0. The lowest BCUT2D eigenvalue weighted by molar-refractivity contribution is 0.390. The number of phenolic OH excluding ortho intramolecular Hbond substituents is 4. The lowest BCUT2D eigenvalue weighted by Crippen LogP contribution is -2.29. The minimum Gasteiger partial charge on any atom is -0.504 e. The molecule has 0 aromatic heterocycles. The molecule has 0 saturated heterocycles. The fourth-order valence-corrected chi connectivity index (χ4v) is 2.72. The molecule has 0 aliphatic carbocycles. The second-order valence-corrected chi connectivity index (χ2v) is 5.05. The fourth-order valence-electron chi connectivity index (χ4n) is 2.72. The number of hydrogen-bond donors (Lipinski definition) is 5. The van der Waals surface area contributed by atoms with Crippen molar-refractivity contribution in [3.05, 3.63) is 46.8 Å². The van der Waals surface area contributed by atoms with Gasteiger partial charge in [0.05, 0.1) is 0 Å². The quantitative estimate of drug-likeness (QED) is 0.517. The van der Waals surface area contributed by atoms with E-state index in [0.717, 1.165) is 6.07 Å². The molecule has 1 unspecified atom stereocenters. The van der Waals surface area contributed by atoms with Crippen LogP contribution in [0.5, 0.6) is 23.0 Å². The Bertz CT molecular complexity index is 717. The second-order valence-electron chi connectivity index (χ2n) is 5.05. The molecule has 6 heteroatoms. The third-order valence-electron chi connectivity index (χ3n) is 3.79. The van der Waals surface area contributed by atoms with Crippen LogP contribution in [0.4, 0.5) is 4.39 Å². The van der Waals surface area contributed by atoms with Crippen molar-refractivity contribution < 1.29 is 24.8 Å². The summed E-state index contributed by atoms with van der Waals surface area (Å²) in [7, 11) is 0. The molecule has 3 rings (SSSR count). The first-order valence-electron chi connectivity index (χ1n) is 6.45. The Morgan fingerprint density at radius 2 is 1.67 bits per heavy atom. The lowest BCUT2D eigenvalue weighted by atomic mass is 9.84. The highest BCUT2D eigenvalue weighted by atomic mass is 19.1. The first-order chi connectivity index (χ1) is 9.99. The van der Waals surface area contributed by atoms with Gasteiger partial charge < -0.3 is 25.7 Å². The van der Waals surface area contributed by atoms with E-state index in [1.54, 1.807) is 6.07 Å². The van der Waals surface area contributed by atoms with Gasteiger partial charge >= 0.3 is 0 Å². The molecule has 21 heavy (non-hydrogen) atoms. The highest BCUT2D eigenvalue weighted by Gasteiger charge is 2.27. The minimum absolute atomic E-state index is 0.212. The SMILES string of the molecule is Oc1cc(F)c(C2CNCc3c2ccc(O)c3O)cc1O. The van der Waals surface area contributed by atoms with E-state index in [9.17, 15) is 24.8 Å². The molecule has 0 bridgehead atoms. The maximum atomic E-state index is 14.1. The van der Waals surface area contributed by atoms with Crippen molar-refractivity contribution in [2.45, 2.75) is 12.5 Å². The first kappa shape index (κ1) is 13.5. The summed E-state index contributed by atoms with van der Waals surface area (Å²) < 4.78 is 14.1. The number of nitrogens with one attached hydrogen (secondary N) is 1. The summed E-state index contributed by atoms with van der Waals surface area (Å²) in [5.41, 5.74) is 1.38. The number of fused-ring (bicyclic) bond motifs is 1. The molecule has 2 aromatic carbocycles. The predicted molar refractivity (Wildman–Crippen MR) is 73.1 cm³/mol. The van der Waals surface area contributed by atoms with Gasteiger partial charge in [-0.3, -0.25) is 0 Å². The molecule has 0 fully saturated rings. The second kappa shape index (κ2) is 4.82. The maximum absolute atomic E-state index is 14.1. The Hall–Kier alpha value is -2.47. The van der Waals surface area contributed by atoms with Crippen LogP contribution in [-0.4, -0.2) is 27.0 Å². The number of aromatic hydroxyl groups is 4. The van der Waals surface area contributed by atoms with E-state index in [1.165, 1.54) is 12.1 Å². The lowest BCUT2D eigenvalue weighted by Gasteiger charge is -2.28. The largest absolute Gasteiger partial charge is 0.504 e. The van der Waals surface area contributed by atoms with Gasteiger partial charge in [-0.25, -0.2) is 4.39 Å². The first-order valence-corrected chi connectivity index (χ1v) is 6.45. The van der Waals surface area contributed by atoms with Crippen LogP contribution in [0, 0.1) is 5.82 Å². The Balaban J connectivity index is 2.15. The van der Waals surface area contributed by atoms with Crippen molar-refractivity contribution in [1.29, 1.82) is 0 Å². The summed E-state index contributed by atoms with van der Waals surface area (Å²) in [5.74, 6) is -2.46. The Morgan fingerprint density at radius 3 is 2.43 bits per heavy atom. The van der Waals surface area contributed by atoms with E-state index in [0.29, 0.717) is 24.2 Å². The van der Waals surface area contributed by atoms with Crippen LogP contribution in [0.3, 0.4) is 0 Å². The molecular weight excluding hydrogens is 277 g/mol. The summed E-state index contributed by atoms with van der Waals surface area (Å²) in [5, 5.41) is 41.4. The number of rotatable bonds is 1. The molecule has 0 saturated carbocycles. The molecule has 0 radical (unpaired) electrons. The van der Waals surface area contributed by atoms with Gasteiger partial charge in [-0.1, -0.05) is 6.07 Å². The van der Waals surface area contributed by atoms with Gasteiger partial charge in [-0.05, 0) is 17.7 Å². The van der Waals surface area contributed by atoms with Crippen LogP contribution >= 0.6 is 0 Å². The molecule has 1 heterocycles. The van der Waals surface area contributed by atoms with Gasteiger partial charge in [0.15, 0.2) is 23.0 Å². The maximum Gasteiger partial charge on any atom is 0.162 e. The average Bonchev–Trinajstić information content (AvgIpc) is 2.46. The Morgan fingerprint density at radius 1 is 0.952 bits per heavy atom. The third kappa shape index (κ3) is 2.13. The van der Waals surface area contributed by atoms with E-state index < -0.39 is 23.2 Å². The van der Waals surface area contributed by atoms with E-state index in [4.69, 9.17) is 0 Å². The average molecular weight is 291 g/mol. The van der Waals surface area contributed by atoms with Crippen molar-refractivity contribution >= 4 is 0 Å². The molecule has 2 aromatic rings. The van der Waals surface area contributed by atoms with E-state index in [1.807, 2.05) is 0 Å². The fraction of sp³-hybridized carbons (Fsp3) is 0.200. The zero-order valence-corrected chi connectivity index (χ0v) is 11.0. The van der Waals surface area contributed by atoms with Gasteiger partial charge in [-0.15, -0.1) is 0 Å². The standard InChI is InChI=1S/C15H14FNO4/c16-11-4-14(20)13(19)3-8(11)9-5-17-6-10-7(9)1-2-12(18)15(10)21/h1-4,9,17-21H,5-6H2. The summed E-state index contributed by atoms with van der Waals surface area (Å²) in [6, 6.07) is 5.01. The Labute approximate surface area is 119 Å². The predicted octanol–water partition coefficient (Wildman–Crippen LogP) is 1.88. The molecule has 5 nitrogen and oxygen atoms in total. The van der Waals surface area contributed by atoms with E-state index in [2.05, 4.69) is 5.32 Å². The van der Waals surface area contributed by atoms with Gasteiger partial charge in [-0.2, -0.15) is 0 Å². The third-order valence-corrected chi connectivity index (χ3v) is 3.79. The topological polar surface area (TPSA) is 93.0 Å². The zero-order valence-electron chi connectivity index (χ0n) is 11.0.